The molecule has 140 valence electrons. The van der Waals surface area contributed by atoms with Crippen molar-refractivity contribution in [2.45, 2.75) is 52.9 Å². The lowest BCUT2D eigenvalue weighted by atomic mass is 9.58. The number of unbranched alkanes of at least 4 members (excludes halogenated alkanes) is 1. The summed E-state index contributed by atoms with van der Waals surface area (Å²) in [6, 6.07) is 8.91. The van der Waals surface area contributed by atoms with Crippen molar-refractivity contribution in [2.24, 2.45) is 17.3 Å². The lowest BCUT2D eigenvalue weighted by Crippen LogP contribution is -2.41. The summed E-state index contributed by atoms with van der Waals surface area (Å²) in [5.41, 5.74) is 1.78. The van der Waals surface area contributed by atoms with Crippen molar-refractivity contribution in [3.63, 3.8) is 0 Å². The molecule has 3 unspecified atom stereocenters. The molecule has 26 heavy (non-hydrogen) atoms. The molecule has 1 aromatic heterocycles. The van der Waals surface area contributed by atoms with Crippen LogP contribution >= 0.6 is 0 Å². The Bertz CT molecular complexity index is 835. The molecule has 1 saturated carbocycles. The first-order chi connectivity index (χ1) is 12.4. The van der Waals surface area contributed by atoms with E-state index in [0.29, 0.717) is 24.0 Å². The summed E-state index contributed by atoms with van der Waals surface area (Å²) in [5, 5.41) is 0.903. The highest BCUT2D eigenvalue weighted by Crippen LogP contribution is 2.50. The van der Waals surface area contributed by atoms with Crippen molar-refractivity contribution in [2.75, 3.05) is 6.61 Å². The minimum atomic E-state index is -0.337. The Labute approximate surface area is 156 Å². The van der Waals surface area contributed by atoms with Gasteiger partial charge in [-0.25, -0.2) is 4.79 Å². The molecule has 3 rings (SSSR count). The highest BCUT2D eigenvalue weighted by Gasteiger charge is 2.43. The van der Waals surface area contributed by atoms with Gasteiger partial charge in [0.25, 0.3) is 0 Å². The molecule has 1 heterocycles. The monoisotopic (exact) mass is 354 g/mol. The summed E-state index contributed by atoms with van der Waals surface area (Å²) in [6.07, 6.45) is 5.97. The standard InChI is InChI=1S/C23H30O3/c1-5-6-13-23(4)17(3)8-7-16(2)20(23)15-25-19-11-9-18-10-12-22(24)26-21(18)14-19/h9-12,14,17,20H,2,5-8,13,15H2,1,3-4H3. The van der Waals surface area contributed by atoms with E-state index in [4.69, 9.17) is 9.15 Å². The fourth-order valence-electron chi connectivity index (χ4n) is 4.31. The van der Waals surface area contributed by atoms with E-state index in [2.05, 4.69) is 27.4 Å². The van der Waals surface area contributed by atoms with Crippen molar-refractivity contribution < 1.29 is 9.15 Å². The maximum Gasteiger partial charge on any atom is 0.336 e. The normalized spacial score (nSPS) is 26.2. The summed E-state index contributed by atoms with van der Waals surface area (Å²) in [7, 11) is 0. The van der Waals surface area contributed by atoms with Crippen LogP contribution in [0.4, 0.5) is 0 Å². The summed E-state index contributed by atoms with van der Waals surface area (Å²) >= 11 is 0. The molecule has 1 fully saturated rings. The van der Waals surface area contributed by atoms with Crippen LogP contribution < -0.4 is 10.4 Å². The number of hydrogen-bond acceptors (Lipinski definition) is 3. The van der Waals surface area contributed by atoms with Crippen molar-refractivity contribution in [1.29, 1.82) is 0 Å². The minimum Gasteiger partial charge on any atom is -0.493 e. The second-order valence-corrected chi connectivity index (χ2v) is 8.02. The van der Waals surface area contributed by atoms with Crippen LogP contribution in [0.1, 0.15) is 52.9 Å². The third-order valence-corrected chi connectivity index (χ3v) is 6.39. The summed E-state index contributed by atoms with van der Waals surface area (Å²) in [4.78, 5) is 11.4. The quantitative estimate of drug-likeness (QED) is 0.474. The van der Waals surface area contributed by atoms with Gasteiger partial charge in [0.05, 0.1) is 6.61 Å². The molecule has 1 aliphatic carbocycles. The number of benzene rings is 1. The number of rotatable bonds is 6. The Balaban J connectivity index is 1.79. The van der Waals surface area contributed by atoms with E-state index in [1.807, 2.05) is 18.2 Å². The first kappa shape index (κ1) is 18.8. The van der Waals surface area contributed by atoms with Gasteiger partial charge in [-0.3, -0.25) is 0 Å². The van der Waals surface area contributed by atoms with Crippen molar-refractivity contribution in [3.8, 4) is 5.75 Å². The number of fused-ring (bicyclic) bond motifs is 1. The molecule has 1 aliphatic rings. The van der Waals surface area contributed by atoms with E-state index in [-0.39, 0.29) is 11.0 Å². The molecule has 0 bridgehead atoms. The van der Waals surface area contributed by atoms with Crippen molar-refractivity contribution in [1.82, 2.24) is 0 Å². The van der Waals surface area contributed by atoms with E-state index in [0.717, 1.165) is 17.6 Å². The highest BCUT2D eigenvalue weighted by molar-refractivity contribution is 5.77. The molecule has 3 nitrogen and oxygen atoms in total. The molecular weight excluding hydrogens is 324 g/mol. The highest BCUT2D eigenvalue weighted by atomic mass is 16.5. The summed E-state index contributed by atoms with van der Waals surface area (Å²) in [6.45, 7) is 12.0. The van der Waals surface area contributed by atoms with Crippen LogP contribution in [0.3, 0.4) is 0 Å². The molecule has 3 heteroatoms. The van der Waals surface area contributed by atoms with E-state index in [1.165, 1.54) is 37.3 Å². The minimum absolute atomic E-state index is 0.231. The first-order valence-electron chi connectivity index (χ1n) is 9.78. The Morgan fingerprint density at radius 2 is 2.08 bits per heavy atom. The Morgan fingerprint density at radius 3 is 2.85 bits per heavy atom. The zero-order valence-corrected chi connectivity index (χ0v) is 16.2. The lowest BCUT2D eigenvalue weighted by Gasteiger charge is -2.47. The topological polar surface area (TPSA) is 39.4 Å². The van der Waals surface area contributed by atoms with Gasteiger partial charge >= 0.3 is 5.63 Å². The summed E-state index contributed by atoms with van der Waals surface area (Å²) < 4.78 is 11.4. The van der Waals surface area contributed by atoms with Crippen LogP contribution in [0.5, 0.6) is 5.75 Å². The Hall–Kier alpha value is -2.03. The molecule has 0 spiro atoms. The average molecular weight is 354 g/mol. The third kappa shape index (κ3) is 3.72. The lowest BCUT2D eigenvalue weighted by molar-refractivity contribution is 0.0449. The largest absolute Gasteiger partial charge is 0.493 e. The second-order valence-electron chi connectivity index (χ2n) is 8.02. The van der Waals surface area contributed by atoms with Crippen LogP contribution in [0, 0.1) is 17.3 Å². The van der Waals surface area contributed by atoms with Crippen LogP contribution in [0.2, 0.25) is 0 Å². The fraction of sp³-hybridized carbons (Fsp3) is 0.522. The second kappa shape index (κ2) is 7.69. The average Bonchev–Trinajstić information content (AvgIpc) is 2.63. The predicted octanol–water partition coefficient (Wildman–Crippen LogP) is 5.97. The molecule has 3 atom stereocenters. The molecule has 0 aliphatic heterocycles. The molecule has 0 saturated heterocycles. The molecule has 2 aromatic rings. The van der Waals surface area contributed by atoms with Gasteiger partial charge in [-0.15, -0.1) is 0 Å². The smallest absolute Gasteiger partial charge is 0.336 e. The van der Waals surface area contributed by atoms with Gasteiger partial charge in [-0.1, -0.05) is 45.8 Å². The molecule has 0 N–H and O–H groups in total. The van der Waals surface area contributed by atoms with Crippen LogP contribution in [-0.2, 0) is 0 Å². The van der Waals surface area contributed by atoms with Gasteiger partial charge in [0.2, 0.25) is 0 Å². The fourth-order valence-corrected chi connectivity index (χ4v) is 4.31. The molecule has 1 aromatic carbocycles. The summed E-state index contributed by atoms with van der Waals surface area (Å²) in [5.74, 6) is 1.77. The number of ether oxygens (including phenoxy) is 1. The molecular formula is C23H30O3. The van der Waals surface area contributed by atoms with Crippen LogP contribution in [-0.4, -0.2) is 6.61 Å². The van der Waals surface area contributed by atoms with Gasteiger partial charge in [0.15, 0.2) is 0 Å². The first-order valence-corrected chi connectivity index (χ1v) is 9.78. The Kier molecular flexibility index (Phi) is 5.55. The van der Waals surface area contributed by atoms with E-state index in [1.54, 1.807) is 6.07 Å². The molecule has 0 radical (unpaired) electrons. The van der Waals surface area contributed by atoms with Crippen molar-refractivity contribution in [3.05, 3.63) is 52.9 Å². The van der Waals surface area contributed by atoms with Gasteiger partial charge in [-0.2, -0.15) is 0 Å². The van der Waals surface area contributed by atoms with E-state index in [9.17, 15) is 4.79 Å². The van der Waals surface area contributed by atoms with Crippen molar-refractivity contribution >= 4 is 11.0 Å². The maximum atomic E-state index is 11.4. The predicted molar refractivity (Wildman–Crippen MR) is 107 cm³/mol. The van der Waals surface area contributed by atoms with Gasteiger partial charge in [-0.05, 0) is 48.8 Å². The van der Waals surface area contributed by atoms with Gasteiger partial charge < -0.3 is 9.15 Å². The van der Waals surface area contributed by atoms with Gasteiger partial charge in [0, 0.05) is 23.4 Å². The Morgan fingerprint density at radius 1 is 1.31 bits per heavy atom. The number of hydrogen-bond donors (Lipinski definition) is 0. The van der Waals surface area contributed by atoms with Gasteiger partial charge in [0.1, 0.15) is 11.3 Å². The molecule has 0 amide bonds. The van der Waals surface area contributed by atoms with Crippen LogP contribution in [0.25, 0.3) is 11.0 Å². The maximum absolute atomic E-state index is 11.4. The van der Waals surface area contributed by atoms with E-state index >= 15 is 0 Å². The van der Waals surface area contributed by atoms with Crippen LogP contribution in [0.15, 0.2) is 51.7 Å². The SMILES string of the molecule is C=C1CCC(C)C(C)(CCCC)C1COc1ccc2ccc(=O)oc2c1. The zero-order chi connectivity index (χ0) is 18.7. The zero-order valence-electron chi connectivity index (χ0n) is 16.2. The third-order valence-electron chi connectivity index (χ3n) is 6.39. The van der Waals surface area contributed by atoms with E-state index < -0.39 is 0 Å².